The molecule has 2 aromatic carbocycles. The largest absolute Gasteiger partial charge is 0.494 e. The standard InChI is InChI=1S/C24H32O3/c1-2-3-4-5-6-7-8-9-13-20-26-22-18-16-21(17-19-22)24(25)27-23-14-11-10-12-15-23/h10-12,14-19H,2-9,13,20H2,1H3. The number of benzene rings is 2. The predicted octanol–water partition coefficient (Wildman–Crippen LogP) is 6.82. The minimum absolute atomic E-state index is 0.355. The number of rotatable bonds is 13. The molecule has 0 fully saturated rings. The zero-order chi connectivity index (χ0) is 19.2. The molecule has 0 aliphatic rings. The molecule has 2 aromatic rings. The van der Waals surface area contributed by atoms with Gasteiger partial charge in [0.1, 0.15) is 11.5 Å². The molecule has 0 heterocycles. The smallest absolute Gasteiger partial charge is 0.343 e. The van der Waals surface area contributed by atoms with Gasteiger partial charge in [-0.05, 0) is 42.8 Å². The van der Waals surface area contributed by atoms with Crippen LogP contribution >= 0.6 is 0 Å². The number of esters is 1. The highest BCUT2D eigenvalue weighted by atomic mass is 16.5. The van der Waals surface area contributed by atoms with Gasteiger partial charge < -0.3 is 9.47 Å². The number of para-hydroxylation sites is 1. The summed E-state index contributed by atoms with van der Waals surface area (Å²) in [6.07, 6.45) is 11.7. The summed E-state index contributed by atoms with van der Waals surface area (Å²) in [5.74, 6) is 0.991. The molecule has 146 valence electrons. The third-order valence-electron chi connectivity index (χ3n) is 4.56. The van der Waals surface area contributed by atoms with Gasteiger partial charge in [0.15, 0.2) is 0 Å². The summed E-state index contributed by atoms with van der Waals surface area (Å²) in [4.78, 5) is 12.1. The summed E-state index contributed by atoms with van der Waals surface area (Å²) in [5, 5.41) is 0. The molecular weight excluding hydrogens is 336 g/mol. The molecule has 0 N–H and O–H groups in total. The van der Waals surface area contributed by atoms with Gasteiger partial charge in [0.05, 0.1) is 12.2 Å². The lowest BCUT2D eigenvalue weighted by Crippen LogP contribution is -2.08. The molecule has 0 aromatic heterocycles. The lowest BCUT2D eigenvalue weighted by Gasteiger charge is -2.08. The van der Waals surface area contributed by atoms with Gasteiger partial charge in [-0.25, -0.2) is 4.79 Å². The Balaban J connectivity index is 1.58. The Hall–Kier alpha value is -2.29. The Kier molecular flexibility index (Phi) is 10.1. The molecular formula is C24H32O3. The fourth-order valence-electron chi connectivity index (χ4n) is 2.94. The van der Waals surface area contributed by atoms with Crippen molar-refractivity contribution in [2.75, 3.05) is 6.61 Å². The Morgan fingerprint density at radius 3 is 1.93 bits per heavy atom. The average molecular weight is 369 g/mol. The molecule has 0 saturated carbocycles. The minimum Gasteiger partial charge on any atom is -0.494 e. The molecule has 0 unspecified atom stereocenters. The summed E-state index contributed by atoms with van der Waals surface area (Å²) in [6, 6.07) is 16.2. The van der Waals surface area contributed by atoms with Crippen LogP contribution in [0.3, 0.4) is 0 Å². The van der Waals surface area contributed by atoms with Crippen LogP contribution in [0.5, 0.6) is 11.5 Å². The topological polar surface area (TPSA) is 35.5 Å². The first-order valence-corrected chi connectivity index (χ1v) is 10.3. The normalized spacial score (nSPS) is 10.6. The van der Waals surface area contributed by atoms with Gasteiger partial charge in [0, 0.05) is 0 Å². The van der Waals surface area contributed by atoms with Crippen molar-refractivity contribution in [3.05, 3.63) is 60.2 Å². The molecule has 27 heavy (non-hydrogen) atoms. The Labute approximate surface area is 163 Å². The van der Waals surface area contributed by atoms with Crippen LogP contribution in [-0.4, -0.2) is 12.6 Å². The van der Waals surface area contributed by atoms with E-state index in [2.05, 4.69) is 6.92 Å². The third-order valence-corrected chi connectivity index (χ3v) is 4.56. The zero-order valence-electron chi connectivity index (χ0n) is 16.5. The lowest BCUT2D eigenvalue weighted by atomic mass is 10.1. The van der Waals surface area contributed by atoms with Gasteiger partial charge in [-0.3, -0.25) is 0 Å². The van der Waals surface area contributed by atoms with Crippen LogP contribution in [-0.2, 0) is 0 Å². The molecule has 3 heteroatoms. The van der Waals surface area contributed by atoms with Gasteiger partial charge in [0.2, 0.25) is 0 Å². The van der Waals surface area contributed by atoms with E-state index in [1.165, 1.54) is 51.4 Å². The second-order valence-electron chi connectivity index (χ2n) is 6.90. The quantitative estimate of drug-likeness (QED) is 0.221. The number of carbonyl (C=O) groups excluding carboxylic acids is 1. The second kappa shape index (κ2) is 13.0. The highest BCUT2D eigenvalue weighted by Crippen LogP contribution is 2.16. The maximum atomic E-state index is 12.1. The van der Waals surface area contributed by atoms with Gasteiger partial charge in [0.25, 0.3) is 0 Å². The molecule has 0 bridgehead atoms. The van der Waals surface area contributed by atoms with Crippen LogP contribution in [0, 0.1) is 0 Å². The Morgan fingerprint density at radius 2 is 1.30 bits per heavy atom. The van der Waals surface area contributed by atoms with Crippen molar-refractivity contribution >= 4 is 5.97 Å². The van der Waals surface area contributed by atoms with Gasteiger partial charge in [-0.15, -0.1) is 0 Å². The number of hydrogen-bond acceptors (Lipinski definition) is 3. The van der Waals surface area contributed by atoms with E-state index in [1.807, 2.05) is 30.3 Å². The van der Waals surface area contributed by atoms with Gasteiger partial charge in [-0.2, -0.15) is 0 Å². The van der Waals surface area contributed by atoms with Crippen molar-refractivity contribution in [1.29, 1.82) is 0 Å². The van der Waals surface area contributed by atoms with Crippen LogP contribution in [0.4, 0.5) is 0 Å². The van der Waals surface area contributed by atoms with Crippen molar-refractivity contribution in [2.45, 2.75) is 64.7 Å². The first kappa shape index (κ1) is 21.0. The second-order valence-corrected chi connectivity index (χ2v) is 6.90. The first-order chi connectivity index (χ1) is 13.3. The summed E-state index contributed by atoms with van der Waals surface area (Å²) >= 11 is 0. The van der Waals surface area contributed by atoms with E-state index >= 15 is 0 Å². The van der Waals surface area contributed by atoms with Crippen LogP contribution in [0.15, 0.2) is 54.6 Å². The van der Waals surface area contributed by atoms with E-state index in [0.29, 0.717) is 11.3 Å². The van der Waals surface area contributed by atoms with Crippen LogP contribution < -0.4 is 9.47 Å². The molecule has 0 radical (unpaired) electrons. The Morgan fingerprint density at radius 1 is 0.704 bits per heavy atom. The summed E-state index contributed by atoms with van der Waals surface area (Å²) in [5.41, 5.74) is 0.522. The summed E-state index contributed by atoms with van der Waals surface area (Å²) < 4.78 is 11.1. The molecule has 0 aliphatic carbocycles. The van der Waals surface area contributed by atoms with Gasteiger partial charge in [-0.1, -0.05) is 76.5 Å². The van der Waals surface area contributed by atoms with Crippen molar-refractivity contribution in [2.24, 2.45) is 0 Å². The monoisotopic (exact) mass is 368 g/mol. The molecule has 3 nitrogen and oxygen atoms in total. The molecule has 0 amide bonds. The SMILES string of the molecule is CCCCCCCCCCCOc1ccc(C(=O)Oc2ccccc2)cc1. The molecule has 0 saturated heterocycles. The molecule has 0 spiro atoms. The van der Waals surface area contributed by atoms with Gasteiger partial charge >= 0.3 is 5.97 Å². The predicted molar refractivity (Wildman–Crippen MR) is 111 cm³/mol. The van der Waals surface area contributed by atoms with E-state index in [0.717, 1.165) is 18.8 Å². The van der Waals surface area contributed by atoms with Crippen molar-refractivity contribution in [3.8, 4) is 11.5 Å². The highest BCUT2D eigenvalue weighted by Gasteiger charge is 2.08. The number of unbranched alkanes of at least 4 members (excludes halogenated alkanes) is 8. The summed E-state index contributed by atoms with van der Waals surface area (Å²) in [7, 11) is 0. The lowest BCUT2D eigenvalue weighted by molar-refractivity contribution is 0.0734. The van der Waals surface area contributed by atoms with Crippen molar-refractivity contribution in [1.82, 2.24) is 0 Å². The van der Waals surface area contributed by atoms with E-state index in [-0.39, 0.29) is 5.97 Å². The maximum Gasteiger partial charge on any atom is 0.343 e. The fourth-order valence-corrected chi connectivity index (χ4v) is 2.94. The van der Waals surface area contributed by atoms with E-state index < -0.39 is 0 Å². The fraction of sp³-hybridized carbons (Fsp3) is 0.458. The maximum absolute atomic E-state index is 12.1. The van der Waals surface area contributed by atoms with E-state index in [1.54, 1.807) is 24.3 Å². The van der Waals surface area contributed by atoms with Crippen molar-refractivity contribution < 1.29 is 14.3 Å². The average Bonchev–Trinajstić information content (AvgIpc) is 2.70. The zero-order valence-corrected chi connectivity index (χ0v) is 16.5. The minimum atomic E-state index is -0.355. The van der Waals surface area contributed by atoms with Crippen LogP contribution in [0.1, 0.15) is 75.1 Å². The molecule has 0 atom stereocenters. The van der Waals surface area contributed by atoms with Crippen LogP contribution in [0.25, 0.3) is 0 Å². The number of hydrogen-bond donors (Lipinski definition) is 0. The Bertz CT molecular complexity index is 634. The van der Waals surface area contributed by atoms with Crippen LogP contribution in [0.2, 0.25) is 0 Å². The van der Waals surface area contributed by atoms with Crippen molar-refractivity contribution in [3.63, 3.8) is 0 Å². The summed E-state index contributed by atoms with van der Waals surface area (Å²) in [6.45, 7) is 2.98. The van der Waals surface area contributed by atoms with E-state index in [9.17, 15) is 4.79 Å². The third kappa shape index (κ3) is 8.76. The first-order valence-electron chi connectivity index (χ1n) is 10.3. The molecule has 0 aliphatic heterocycles. The van der Waals surface area contributed by atoms with E-state index in [4.69, 9.17) is 9.47 Å². The molecule has 2 rings (SSSR count). The number of ether oxygens (including phenoxy) is 2. The highest BCUT2D eigenvalue weighted by molar-refractivity contribution is 5.91. The number of carbonyl (C=O) groups is 1.